The maximum atomic E-state index is 11.5. The average molecular weight is 243 g/mol. The number of amides is 1. The second-order valence-corrected chi connectivity index (χ2v) is 3.94. The van der Waals surface area contributed by atoms with Crippen molar-refractivity contribution in [2.75, 3.05) is 0 Å². The second-order valence-electron chi connectivity index (χ2n) is 3.94. The van der Waals surface area contributed by atoms with Crippen LogP contribution in [0.25, 0.3) is 11.3 Å². The Kier molecular flexibility index (Phi) is 3.46. The first-order chi connectivity index (χ1) is 8.77. The Morgan fingerprint density at radius 3 is 2.61 bits per heavy atom. The fourth-order valence-electron chi connectivity index (χ4n) is 2.11. The Hall–Kier alpha value is -2.10. The predicted octanol–water partition coefficient (Wildman–Crippen LogP) is 2.65. The highest BCUT2D eigenvalue weighted by atomic mass is 16.1. The van der Waals surface area contributed by atoms with Crippen LogP contribution in [0.15, 0.2) is 24.4 Å². The van der Waals surface area contributed by atoms with E-state index in [4.69, 9.17) is 0 Å². The van der Waals surface area contributed by atoms with Gasteiger partial charge in [0, 0.05) is 17.7 Å². The molecule has 0 bridgehead atoms. The third-order valence-corrected chi connectivity index (χ3v) is 2.94. The van der Waals surface area contributed by atoms with Gasteiger partial charge in [0.25, 0.3) is 5.91 Å². The van der Waals surface area contributed by atoms with E-state index in [1.807, 2.05) is 39.0 Å². The molecule has 3 rings (SSSR count). The molecule has 94 valence electrons. The average Bonchev–Trinajstić information content (AvgIpc) is 2.99. The van der Waals surface area contributed by atoms with Gasteiger partial charge in [0.15, 0.2) is 0 Å². The lowest BCUT2D eigenvalue weighted by Gasteiger charge is -2.05. The number of fused-ring (bicyclic) bond motifs is 1. The molecule has 1 aromatic carbocycles. The highest BCUT2D eigenvalue weighted by molar-refractivity contribution is 6.00. The molecule has 0 fully saturated rings. The molecular weight excluding hydrogens is 226 g/mol. The van der Waals surface area contributed by atoms with Crippen LogP contribution in [0.3, 0.4) is 0 Å². The fourth-order valence-corrected chi connectivity index (χ4v) is 2.11. The van der Waals surface area contributed by atoms with Crippen LogP contribution in [-0.4, -0.2) is 16.1 Å². The first-order valence-corrected chi connectivity index (χ1v) is 6.18. The van der Waals surface area contributed by atoms with Crippen molar-refractivity contribution in [3.05, 3.63) is 41.1 Å². The normalized spacial score (nSPS) is 12.5. The topological polar surface area (TPSA) is 57.8 Å². The largest absolute Gasteiger partial charge is 0.348 e. The number of aryl methyl sites for hydroxylation is 1. The van der Waals surface area contributed by atoms with Crippen molar-refractivity contribution in [3.8, 4) is 11.3 Å². The molecule has 1 amide bonds. The molecule has 1 aliphatic heterocycles. The Labute approximate surface area is 106 Å². The lowest BCUT2D eigenvalue weighted by atomic mass is 9.99. The third-order valence-electron chi connectivity index (χ3n) is 2.94. The van der Waals surface area contributed by atoms with Gasteiger partial charge in [0.2, 0.25) is 0 Å². The predicted molar refractivity (Wildman–Crippen MR) is 71.3 cm³/mol. The van der Waals surface area contributed by atoms with Gasteiger partial charge >= 0.3 is 0 Å². The number of hydrogen-bond donors (Lipinski definition) is 2. The summed E-state index contributed by atoms with van der Waals surface area (Å²) in [5.74, 6) is 0.00835. The molecular formula is C14H17N3O. The van der Waals surface area contributed by atoms with Crippen LogP contribution in [0.1, 0.15) is 35.3 Å². The quantitative estimate of drug-likeness (QED) is 0.809. The molecule has 1 aromatic heterocycles. The molecule has 0 unspecified atom stereocenters. The van der Waals surface area contributed by atoms with Gasteiger partial charge < -0.3 is 5.32 Å². The number of benzene rings is 1. The summed E-state index contributed by atoms with van der Waals surface area (Å²) in [6, 6.07) is 5.77. The van der Waals surface area contributed by atoms with Gasteiger partial charge in [-0.2, -0.15) is 5.10 Å². The SMILES string of the molecule is CC.Cc1cn[nH]c1-c1cccc2c1CNC2=O. The molecule has 0 saturated carbocycles. The molecule has 0 radical (unpaired) electrons. The molecule has 2 heterocycles. The lowest BCUT2D eigenvalue weighted by Crippen LogP contribution is -2.12. The number of rotatable bonds is 1. The highest BCUT2D eigenvalue weighted by Crippen LogP contribution is 2.29. The highest BCUT2D eigenvalue weighted by Gasteiger charge is 2.22. The lowest BCUT2D eigenvalue weighted by molar-refractivity contribution is 0.0966. The minimum Gasteiger partial charge on any atom is -0.348 e. The van der Waals surface area contributed by atoms with Gasteiger partial charge in [0.1, 0.15) is 0 Å². The van der Waals surface area contributed by atoms with Crippen molar-refractivity contribution in [2.24, 2.45) is 0 Å². The molecule has 2 aromatic rings. The van der Waals surface area contributed by atoms with Gasteiger partial charge in [-0.15, -0.1) is 0 Å². The fraction of sp³-hybridized carbons (Fsp3) is 0.286. The van der Waals surface area contributed by atoms with Crippen molar-refractivity contribution in [3.63, 3.8) is 0 Å². The molecule has 4 heteroatoms. The van der Waals surface area contributed by atoms with E-state index in [0.717, 1.165) is 27.9 Å². The minimum absolute atomic E-state index is 0.00835. The van der Waals surface area contributed by atoms with E-state index >= 15 is 0 Å². The molecule has 0 aliphatic carbocycles. The molecule has 0 atom stereocenters. The maximum absolute atomic E-state index is 11.5. The summed E-state index contributed by atoms with van der Waals surface area (Å²) < 4.78 is 0. The second kappa shape index (κ2) is 5.04. The summed E-state index contributed by atoms with van der Waals surface area (Å²) in [7, 11) is 0. The Bertz CT molecular complexity index is 572. The Balaban J connectivity index is 0.000000574. The van der Waals surface area contributed by atoms with Crippen molar-refractivity contribution in [2.45, 2.75) is 27.3 Å². The van der Waals surface area contributed by atoms with E-state index in [-0.39, 0.29) is 5.91 Å². The number of H-pyrrole nitrogens is 1. The van der Waals surface area contributed by atoms with Gasteiger partial charge in [-0.3, -0.25) is 9.89 Å². The van der Waals surface area contributed by atoms with Crippen LogP contribution in [0.2, 0.25) is 0 Å². The maximum Gasteiger partial charge on any atom is 0.251 e. The summed E-state index contributed by atoms with van der Waals surface area (Å²) >= 11 is 0. The van der Waals surface area contributed by atoms with E-state index < -0.39 is 0 Å². The number of carbonyl (C=O) groups is 1. The number of hydrogen-bond acceptors (Lipinski definition) is 2. The van der Waals surface area contributed by atoms with Gasteiger partial charge in [-0.1, -0.05) is 26.0 Å². The standard InChI is InChI=1S/C12H11N3O.C2H6/c1-7-5-14-15-11(7)8-3-2-4-9-10(8)6-13-12(9)16;1-2/h2-5H,6H2,1H3,(H,13,16)(H,14,15);1-2H3. The first kappa shape index (κ1) is 12.4. The summed E-state index contributed by atoms with van der Waals surface area (Å²) in [6.07, 6.45) is 1.79. The van der Waals surface area contributed by atoms with Crippen molar-refractivity contribution in [1.82, 2.24) is 15.5 Å². The molecule has 4 nitrogen and oxygen atoms in total. The van der Waals surface area contributed by atoms with Crippen LogP contribution in [0.4, 0.5) is 0 Å². The zero-order valence-electron chi connectivity index (χ0n) is 10.9. The smallest absolute Gasteiger partial charge is 0.251 e. The van der Waals surface area contributed by atoms with E-state index in [1.54, 1.807) is 6.20 Å². The van der Waals surface area contributed by atoms with Crippen LogP contribution in [-0.2, 0) is 6.54 Å². The minimum atomic E-state index is 0.00835. The first-order valence-electron chi connectivity index (χ1n) is 6.18. The summed E-state index contributed by atoms with van der Waals surface area (Å²) in [5.41, 5.74) is 4.97. The van der Waals surface area contributed by atoms with Crippen LogP contribution < -0.4 is 5.32 Å². The Morgan fingerprint density at radius 2 is 1.94 bits per heavy atom. The van der Waals surface area contributed by atoms with Crippen molar-refractivity contribution in [1.29, 1.82) is 0 Å². The summed E-state index contributed by atoms with van der Waals surface area (Å²) in [5, 5.41) is 9.82. The van der Waals surface area contributed by atoms with Gasteiger partial charge in [-0.05, 0) is 24.1 Å². The zero-order chi connectivity index (χ0) is 13.1. The van der Waals surface area contributed by atoms with Gasteiger partial charge in [0.05, 0.1) is 11.9 Å². The molecule has 2 N–H and O–H groups in total. The van der Waals surface area contributed by atoms with E-state index in [0.29, 0.717) is 6.54 Å². The van der Waals surface area contributed by atoms with Crippen LogP contribution in [0.5, 0.6) is 0 Å². The number of nitrogens with zero attached hydrogens (tertiary/aromatic N) is 1. The number of aromatic nitrogens is 2. The zero-order valence-corrected chi connectivity index (χ0v) is 10.9. The van der Waals surface area contributed by atoms with Crippen LogP contribution >= 0.6 is 0 Å². The molecule has 1 aliphatic rings. The monoisotopic (exact) mass is 243 g/mol. The third kappa shape index (κ3) is 1.90. The number of nitrogens with one attached hydrogen (secondary N) is 2. The van der Waals surface area contributed by atoms with E-state index in [1.165, 1.54) is 0 Å². The summed E-state index contributed by atoms with van der Waals surface area (Å²) in [4.78, 5) is 11.5. The molecule has 18 heavy (non-hydrogen) atoms. The number of carbonyl (C=O) groups excluding carboxylic acids is 1. The van der Waals surface area contributed by atoms with Gasteiger partial charge in [-0.25, -0.2) is 0 Å². The van der Waals surface area contributed by atoms with Crippen molar-refractivity contribution >= 4 is 5.91 Å². The Morgan fingerprint density at radius 1 is 1.22 bits per heavy atom. The summed E-state index contributed by atoms with van der Waals surface area (Å²) in [6.45, 7) is 6.60. The van der Waals surface area contributed by atoms with E-state index in [9.17, 15) is 4.79 Å². The van der Waals surface area contributed by atoms with E-state index in [2.05, 4.69) is 15.5 Å². The molecule has 0 spiro atoms. The van der Waals surface area contributed by atoms with Crippen LogP contribution in [0, 0.1) is 6.92 Å². The van der Waals surface area contributed by atoms with Crippen molar-refractivity contribution < 1.29 is 4.79 Å². The number of aromatic amines is 1. The molecule has 0 saturated heterocycles.